The van der Waals surface area contributed by atoms with E-state index in [2.05, 4.69) is 32.1 Å². The van der Waals surface area contributed by atoms with E-state index in [1.165, 1.54) is 0 Å². The molecule has 0 unspecified atom stereocenters. The SMILES string of the molecule is CCOC(Cc1csc2ccccc12)(OCC)[C@H](C)NC(=O)[C@H](CC(=O)NC(c1ccccc1)(c1ccccc1)c1ccccc1)NC(=O)CONC(=O)NCc1ccc(Cl)cc1. The molecule has 6 rings (SSSR count). The monoisotopic (exact) mass is 889 g/mol. The van der Waals surface area contributed by atoms with E-state index in [0.717, 1.165) is 37.9 Å². The number of hydroxylamine groups is 1. The van der Waals surface area contributed by atoms with E-state index in [1.807, 2.05) is 129 Å². The van der Waals surface area contributed by atoms with Gasteiger partial charge >= 0.3 is 6.03 Å². The van der Waals surface area contributed by atoms with Crippen LogP contribution in [0.15, 0.2) is 145 Å². The summed E-state index contributed by atoms with van der Waals surface area (Å²) in [5, 5.41) is 15.3. The molecule has 0 saturated heterocycles. The number of carbonyl (C=O) groups is 4. The number of hydrogen-bond acceptors (Lipinski definition) is 8. The molecule has 14 heteroatoms. The highest BCUT2D eigenvalue weighted by Gasteiger charge is 2.42. The van der Waals surface area contributed by atoms with E-state index in [9.17, 15) is 19.2 Å². The maximum Gasteiger partial charge on any atom is 0.338 e. The van der Waals surface area contributed by atoms with Crippen LogP contribution in [0.1, 0.15) is 55.0 Å². The molecular weight excluding hydrogens is 838 g/mol. The van der Waals surface area contributed by atoms with Crippen LogP contribution in [0.2, 0.25) is 5.02 Å². The van der Waals surface area contributed by atoms with Crippen LogP contribution in [0.4, 0.5) is 4.79 Å². The Bertz CT molecular complexity index is 2320. The second kappa shape index (κ2) is 22.3. The largest absolute Gasteiger partial charge is 0.348 e. The normalized spacial score (nSPS) is 12.5. The van der Waals surface area contributed by atoms with Gasteiger partial charge in [-0.3, -0.25) is 19.2 Å². The quantitative estimate of drug-likeness (QED) is 0.0281. The lowest BCUT2D eigenvalue weighted by atomic mass is 9.77. The molecule has 5 aromatic carbocycles. The van der Waals surface area contributed by atoms with E-state index < -0.39 is 60.2 Å². The smallest absolute Gasteiger partial charge is 0.338 e. The first-order chi connectivity index (χ1) is 30.6. The molecule has 1 heterocycles. The number of urea groups is 1. The fourth-order valence-electron chi connectivity index (χ4n) is 7.55. The summed E-state index contributed by atoms with van der Waals surface area (Å²) in [6.45, 7) is 5.56. The molecule has 0 bridgehead atoms. The van der Waals surface area contributed by atoms with E-state index in [1.54, 1.807) is 42.5 Å². The summed E-state index contributed by atoms with van der Waals surface area (Å²) in [5.41, 5.74) is 5.13. The number of halogens is 1. The number of benzene rings is 5. The summed E-state index contributed by atoms with van der Waals surface area (Å²) in [6.07, 6.45) is -0.163. The molecule has 1 aromatic heterocycles. The predicted molar refractivity (Wildman–Crippen MR) is 246 cm³/mol. The number of thiophene rings is 1. The van der Waals surface area contributed by atoms with Gasteiger partial charge in [0.15, 0.2) is 12.4 Å². The van der Waals surface area contributed by atoms with Gasteiger partial charge in [0.25, 0.3) is 0 Å². The minimum Gasteiger partial charge on any atom is -0.348 e. The molecule has 0 spiro atoms. The molecule has 0 aliphatic rings. The second-order valence-corrected chi connectivity index (χ2v) is 16.1. The lowest BCUT2D eigenvalue weighted by molar-refractivity contribution is -0.246. The molecule has 0 aliphatic heterocycles. The zero-order chi connectivity index (χ0) is 44.7. The average Bonchev–Trinajstić information content (AvgIpc) is 3.70. The van der Waals surface area contributed by atoms with Crippen molar-refractivity contribution < 1.29 is 33.5 Å². The van der Waals surface area contributed by atoms with Crippen LogP contribution in [-0.4, -0.2) is 61.4 Å². The van der Waals surface area contributed by atoms with Crippen LogP contribution in [-0.2, 0) is 47.2 Å². The standard InChI is InChI=1S/C49H52ClN5O7S/c1-4-60-48(61-5-2,30-36-33-63-43-24-16-15-23-41(36)43)34(3)52-46(58)42(53-45(57)32-62-55-47(59)51-31-35-25-27-40(50)28-26-35)29-44(56)54-49(37-17-9-6-10-18-37,38-19-11-7-12-20-38)39-21-13-8-14-22-39/h6-28,33-34,42H,4-5,29-32H2,1-3H3,(H,52,58)(H,53,57)(H,54,56)(H2,51,55,59)/t34-,42-/m0/s1. The van der Waals surface area contributed by atoms with Crippen molar-refractivity contribution >= 4 is 56.8 Å². The van der Waals surface area contributed by atoms with Gasteiger partial charge < -0.3 is 30.7 Å². The van der Waals surface area contributed by atoms with Gasteiger partial charge in [-0.05, 0) is 77.6 Å². The summed E-state index contributed by atoms with van der Waals surface area (Å²) in [5.74, 6) is -3.27. The summed E-state index contributed by atoms with van der Waals surface area (Å²) < 4.78 is 13.8. The summed E-state index contributed by atoms with van der Waals surface area (Å²) in [4.78, 5) is 60.4. The Hall–Kier alpha value is -6.09. The molecule has 0 radical (unpaired) electrons. The van der Waals surface area contributed by atoms with Crippen LogP contribution in [0.3, 0.4) is 0 Å². The summed E-state index contributed by atoms with van der Waals surface area (Å²) in [6, 6.07) is 40.8. The Morgan fingerprint density at radius 2 is 1.25 bits per heavy atom. The van der Waals surface area contributed by atoms with Crippen molar-refractivity contribution in [3.05, 3.63) is 178 Å². The first-order valence-electron chi connectivity index (χ1n) is 20.8. The number of ether oxygens (including phenoxy) is 2. The molecule has 0 saturated carbocycles. The molecule has 2 atom stereocenters. The molecule has 6 aromatic rings. The van der Waals surface area contributed by atoms with Gasteiger partial charge in [-0.25, -0.2) is 10.3 Å². The van der Waals surface area contributed by atoms with Crippen molar-refractivity contribution in [3.63, 3.8) is 0 Å². The summed E-state index contributed by atoms with van der Waals surface area (Å²) >= 11 is 7.57. The Morgan fingerprint density at radius 3 is 1.83 bits per heavy atom. The molecule has 63 heavy (non-hydrogen) atoms. The van der Waals surface area contributed by atoms with Crippen LogP contribution in [0.25, 0.3) is 10.1 Å². The van der Waals surface area contributed by atoms with E-state index in [0.29, 0.717) is 11.4 Å². The minimum absolute atomic E-state index is 0.179. The number of rotatable bonds is 21. The Balaban J connectivity index is 1.25. The Labute approximate surface area is 376 Å². The summed E-state index contributed by atoms with van der Waals surface area (Å²) in [7, 11) is 0. The third-order valence-corrected chi connectivity index (χ3v) is 11.8. The average molecular weight is 891 g/mol. The Kier molecular flexibility index (Phi) is 16.4. The second-order valence-electron chi connectivity index (χ2n) is 14.8. The van der Waals surface area contributed by atoms with Gasteiger partial charge in [-0.15, -0.1) is 11.3 Å². The van der Waals surface area contributed by atoms with Gasteiger partial charge in [0.1, 0.15) is 11.6 Å². The molecular formula is C49H52ClN5O7S. The Morgan fingerprint density at radius 1 is 0.698 bits per heavy atom. The number of carbonyl (C=O) groups excluding carboxylic acids is 4. The fourth-order valence-corrected chi connectivity index (χ4v) is 8.64. The topological polar surface area (TPSA) is 156 Å². The molecule has 328 valence electrons. The van der Waals surface area contributed by atoms with Crippen molar-refractivity contribution in [2.24, 2.45) is 0 Å². The van der Waals surface area contributed by atoms with Crippen LogP contribution in [0.5, 0.6) is 0 Å². The van der Waals surface area contributed by atoms with Gasteiger partial charge in [0.05, 0.1) is 12.5 Å². The molecule has 0 aliphatic carbocycles. The van der Waals surface area contributed by atoms with Gasteiger partial charge in [0.2, 0.25) is 17.7 Å². The first-order valence-corrected chi connectivity index (χ1v) is 22.0. The number of amides is 5. The maximum absolute atomic E-state index is 14.6. The van der Waals surface area contributed by atoms with E-state index in [-0.39, 0.29) is 19.8 Å². The molecule has 0 fully saturated rings. The van der Waals surface area contributed by atoms with Crippen LogP contribution < -0.4 is 26.7 Å². The highest BCUT2D eigenvalue weighted by atomic mass is 35.5. The van der Waals surface area contributed by atoms with Crippen molar-refractivity contribution in [3.8, 4) is 0 Å². The minimum atomic E-state index is -1.41. The van der Waals surface area contributed by atoms with Crippen LogP contribution >= 0.6 is 22.9 Å². The van der Waals surface area contributed by atoms with Crippen LogP contribution in [0, 0.1) is 0 Å². The predicted octanol–water partition coefficient (Wildman–Crippen LogP) is 7.79. The zero-order valence-corrected chi connectivity index (χ0v) is 37.0. The van der Waals surface area contributed by atoms with Crippen molar-refractivity contribution in [1.29, 1.82) is 0 Å². The first kappa shape index (κ1) is 46.4. The molecule has 12 nitrogen and oxygen atoms in total. The van der Waals surface area contributed by atoms with Gasteiger partial charge in [0, 0.05) is 35.9 Å². The number of fused-ring (bicyclic) bond motifs is 1. The lowest BCUT2D eigenvalue weighted by Gasteiger charge is -2.39. The third kappa shape index (κ3) is 11.9. The van der Waals surface area contributed by atoms with Gasteiger partial charge in [-0.1, -0.05) is 133 Å². The van der Waals surface area contributed by atoms with Crippen molar-refractivity contribution in [2.45, 2.75) is 63.6 Å². The lowest BCUT2D eigenvalue weighted by Crippen LogP contribution is -2.60. The van der Waals surface area contributed by atoms with E-state index >= 15 is 0 Å². The highest BCUT2D eigenvalue weighted by Crippen LogP contribution is 2.37. The van der Waals surface area contributed by atoms with Gasteiger partial charge in [-0.2, -0.15) is 0 Å². The van der Waals surface area contributed by atoms with Crippen molar-refractivity contribution in [1.82, 2.24) is 26.7 Å². The molecule has 5 N–H and O–H groups in total. The number of hydrogen-bond donors (Lipinski definition) is 5. The highest BCUT2D eigenvalue weighted by molar-refractivity contribution is 7.17. The van der Waals surface area contributed by atoms with E-state index in [4.69, 9.17) is 25.9 Å². The number of nitrogens with one attached hydrogen (secondary N) is 5. The maximum atomic E-state index is 14.6. The zero-order valence-electron chi connectivity index (χ0n) is 35.4. The third-order valence-electron chi connectivity index (χ3n) is 10.5. The van der Waals surface area contributed by atoms with Crippen molar-refractivity contribution in [2.75, 3.05) is 19.8 Å². The fraction of sp³-hybridized carbons (Fsp3) is 0.265. The molecule has 5 amide bonds.